The lowest BCUT2D eigenvalue weighted by Gasteiger charge is -2.34. The van der Waals surface area contributed by atoms with Crippen molar-refractivity contribution < 1.29 is 4.52 Å². The van der Waals surface area contributed by atoms with E-state index in [1.807, 2.05) is 53.9 Å². The molecule has 1 aliphatic rings. The van der Waals surface area contributed by atoms with Crippen LogP contribution in [0.25, 0.3) is 17.0 Å². The number of rotatable bonds is 4. The summed E-state index contributed by atoms with van der Waals surface area (Å²) in [5, 5.41) is 17.3. The molecule has 1 aromatic carbocycles. The minimum Gasteiger partial charge on any atom is -0.353 e. The molecule has 9 heteroatoms. The molecule has 4 aromatic rings. The molecule has 0 amide bonds. The van der Waals surface area contributed by atoms with Crippen LogP contribution < -0.4 is 4.90 Å². The second kappa shape index (κ2) is 7.01. The molecule has 1 fully saturated rings. The van der Waals surface area contributed by atoms with Gasteiger partial charge in [-0.15, -0.1) is 15.3 Å². The molecule has 0 bridgehead atoms. The van der Waals surface area contributed by atoms with Crippen molar-refractivity contribution in [1.29, 1.82) is 0 Å². The molecule has 0 N–H and O–H groups in total. The number of hydrogen-bond acceptors (Lipinski definition) is 8. The summed E-state index contributed by atoms with van der Waals surface area (Å²) in [6.07, 6.45) is 0. The lowest BCUT2D eigenvalue weighted by molar-refractivity contribution is 0.239. The van der Waals surface area contributed by atoms with E-state index in [0.717, 1.165) is 54.9 Å². The van der Waals surface area contributed by atoms with E-state index in [4.69, 9.17) is 9.62 Å². The zero-order valence-corrected chi connectivity index (χ0v) is 15.6. The van der Waals surface area contributed by atoms with E-state index in [9.17, 15) is 0 Å². The van der Waals surface area contributed by atoms with Crippen LogP contribution >= 0.6 is 0 Å². The predicted octanol–water partition coefficient (Wildman–Crippen LogP) is 1.80. The van der Waals surface area contributed by atoms with E-state index in [1.54, 1.807) is 0 Å². The third-order valence-corrected chi connectivity index (χ3v) is 4.91. The molecule has 5 rings (SSSR count). The number of hydrogen-bond donors (Lipinski definition) is 0. The Morgan fingerprint density at radius 3 is 2.54 bits per heavy atom. The summed E-state index contributed by atoms with van der Waals surface area (Å²) in [6, 6.07) is 14.0. The van der Waals surface area contributed by atoms with Gasteiger partial charge in [-0.2, -0.15) is 9.50 Å². The van der Waals surface area contributed by atoms with Crippen LogP contribution in [-0.2, 0) is 6.54 Å². The maximum Gasteiger partial charge on any atom is 0.223 e. The van der Waals surface area contributed by atoms with E-state index < -0.39 is 0 Å². The van der Waals surface area contributed by atoms with Crippen LogP contribution in [0.15, 0.2) is 47.0 Å². The Balaban J connectivity index is 1.33. The molecule has 142 valence electrons. The minimum atomic E-state index is 0.606. The molecule has 0 unspecified atom stereocenters. The Bertz CT molecular complexity index is 1080. The standard InChI is InChI=1S/C19H20N8O/c1-14-20-16(24-28-14)13-25-9-11-26(12-10-25)18-8-7-17-21-22-19(27(17)23-18)15-5-3-2-4-6-15/h2-8H,9-13H2,1H3. The Labute approximate surface area is 161 Å². The van der Waals surface area contributed by atoms with Crippen LogP contribution in [0.1, 0.15) is 11.7 Å². The Kier molecular flexibility index (Phi) is 4.21. The van der Waals surface area contributed by atoms with Gasteiger partial charge in [0.15, 0.2) is 17.3 Å². The molecule has 9 nitrogen and oxygen atoms in total. The molecule has 0 atom stereocenters. The zero-order chi connectivity index (χ0) is 18.9. The predicted molar refractivity (Wildman–Crippen MR) is 103 cm³/mol. The molecule has 0 saturated carbocycles. The summed E-state index contributed by atoms with van der Waals surface area (Å²) < 4.78 is 6.87. The highest BCUT2D eigenvalue weighted by atomic mass is 16.5. The van der Waals surface area contributed by atoms with E-state index >= 15 is 0 Å². The van der Waals surface area contributed by atoms with Crippen LogP contribution in [0.2, 0.25) is 0 Å². The van der Waals surface area contributed by atoms with E-state index in [1.165, 1.54) is 0 Å². The first-order valence-corrected chi connectivity index (χ1v) is 9.31. The van der Waals surface area contributed by atoms with Crippen molar-refractivity contribution >= 4 is 11.5 Å². The molecular weight excluding hydrogens is 356 g/mol. The molecule has 1 aliphatic heterocycles. The van der Waals surface area contributed by atoms with Gasteiger partial charge in [0.1, 0.15) is 5.82 Å². The van der Waals surface area contributed by atoms with Gasteiger partial charge in [0.2, 0.25) is 5.89 Å². The van der Waals surface area contributed by atoms with Gasteiger partial charge in [-0.05, 0) is 12.1 Å². The lowest BCUT2D eigenvalue weighted by Crippen LogP contribution is -2.46. The van der Waals surface area contributed by atoms with E-state index in [0.29, 0.717) is 12.4 Å². The second-order valence-corrected chi connectivity index (χ2v) is 6.84. The fraction of sp³-hybridized carbons (Fsp3) is 0.316. The van der Waals surface area contributed by atoms with Gasteiger partial charge in [0.25, 0.3) is 0 Å². The van der Waals surface area contributed by atoms with Gasteiger partial charge < -0.3 is 9.42 Å². The van der Waals surface area contributed by atoms with Gasteiger partial charge in [-0.3, -0.25) is 4.90 Å². The second-order valence-electron chi connectivity index (χ2n) is 6.84. The molecule has 3 aromatic heterocycles. The summed E-state index contributed by atoms with van der Waals surface area (Å²) in [4.78, 5) is 8.90. The molecule has 4 heterocycles. The van der Waals surface area contributed by atoms with Crippen LogP contribution in [0.4, 0.5) is 5.82 Å². The van der Waals surface area contributed by atoms with Crippen molar-refractivity contribution in [2.75, 3.05) is 31.1 Å². The van der Waals surface area contributed by atoms with Crippen molar-refractivity contribution in [2.45, 2.75) is 13.5 Å². The number of benzene rings is 1. The normalized spacial score (nSPS) is 15.4. The Morgan fingerprint density at radius 2 is 1.79 bits per heavy atom. The molecule has 1 saturated heterocycles. The van der Waals surface area contributed by atoms with Gasteiger partial charge in [0.05, 0.1) is 6.54 Å². The zero-order valence-electron chi connectivity index (χ0n) is 15.6. The number of nitrogens with zero attached hydrogens (tertiary/aromatic N) is 8. The summed E-state index contributed by atoms with van der Waals surface area (Å²) in [7, 11) is 0. The van der Waals surface area contributed by atoms with Crippen molar-refractivity contribution in [3.63, 3.8) is 0 Å². The largest absolute Gasteiger partial charge is 0.353 e. The maximum absolute atomic E-state index is 5.05. The van der Waals surface area contributed by atoms with Crippen LogP contribution in [0, 0.1) is 6.92 Å². The number of piperazine rings is 1. The van der Waals surface area contributed by atoms with Crippen LogP contribution in [-0.4, -0.2) is 61.0 Å². The SMILES string of the molecule is Cc1nc(CN2CCN(c3ccc4nnc(-c5ccccc5)n4n3)CC2)no1. The van der Waals surface area contributed by atoms with Crippen LogP contribution in [0.5, 0.6) is 0 Å². The number of anilines is 1. The van der Waals surface area contributed by atoms with Gasteiger partial charge in [-0.1, -0.05) is 35.5 Å². The third-order valence-electron chi connectivity index (χ3n) is 4.91. The highest BCUT2D eigenvalue weighted by Gasteiger charge is 2.20. The lowest BCUT2D eigenvalue weighted by atomic mass is 10.2. The summed E-state index contributed by atoms with van der Waals surface area (Å²) in [5.41, 5.74) is 1.74. The topological polar surface area (TPSA) is 88.5 Å². The first kappa shape index (κ1) is 16.8. The van der Waals surface area contributed by atoms with Crippen molar-refractivity contribution in [1.82, 2.24) is 34.9 Å². The molecular formula is C19H20N8O. The van der Waals surface area contributed by atoms with Crippen molar-refractivity contribution in [3.05, 3.63) is 54.2 Å². The smallest absolute Gasteiger partial charge is 0.223 e. The van der Waals surface area contributed by atoms with E-state index in [-0.39, 0.29) is 0 Å². The van der Waals surface area contributed by atoms with Crippen molar-refractivity contribution in [2.24, 2.45) is 0 Å². The summed E-state index contributed by atoms with van der Waals surface area (Å²) in [5.74, 6) is 3.03. The van der Waals surface area contributed by atoms with Crippen LogP contribution in [0.3, 0.4) is 0 Å². The molecule has 0 aliphatic carbocycles. The van der Waals surface area contributed by atoms with Gasteiger partial charge in [0, 0.05) is 38.7 Å². The molecule has 0 radical (unpaired) electrons. The average molecular weight is 376 g/mol. The highest BCUT2D eigenvalue weighted by molar-refractivity contribution is 5.59. The summed E-state index contributed by atoms with van der Waals surface area (Å²) in [6.45, 7) is 6.13. The minimum absolute atomic E-state index is 0.606. The van der Waals surface area contributed by atoms with E-state index in [2.05, 4.69) is 30.1 Å². The number of aromatic nitrogens is 6. The highest BCUT2D eigenvalue weighted by Crippen LogP contribution is 2.20. The number of aryl methyl sites for hydroxylation is 1. The monoisotopic (exact) mass is 376 g/mol. The maximum atomic E-state index is 5.05. The summed E-state index contributed by atoms with van der Waals surface area (Å²) >= 11 is 0. The quantitative estimate of drug-likeness (QED) is 0.533. The van der Waals surface area contributed by atoms with Crippen molar-refractivity contribution in [3.8, 4) is 11.4 Å². The van der Waals surface area contributed by atoms with Gasteiger partial charge in [-0.25, -0.2) is 0 Å². The fourth-order valence-corrected chi connectivity index (χ4v) is 3.46. The molecule has 0 spiro atoms. The Morgan fingerprint density at radius 1 is 0.964 bits per heavy atom. The fourth-order valence-electron chi connectivity index (χ4n) is 3.46. The van der Waals surface area contributed by atoms with Gasteiger partial charge >= 0.3 is 0 Å². The Hall–Kier alpha value is -3.33. The average Bonchev–Trinajstić information content (AvgIpc) is 3.34. The third kappa shape index (κ3) is 3.20. The number of fused-ring (bicyclic) bond motifs is 1. The first-order valence-electron chi connectivity index (χ1n) is 9.31. The molecule has 28 heavy (non-hydrogen) atoms. The first-order chi connectivity index (χ1) is 13.8.